The van der Waals surface area contributed by atoms with E-state index < -0.39 is 17.6 Å². The van der Waals surface area contributed by atoms with Crippen LogP contribution in [0.1, 0.15) is 56.3 Å². The number of nitrogens with zero attached hydrogens (tertiary/aromatic N) is 1. The summed E-state index contributed by atoms with van der Waals surface area (Å²) in [5.74, 6) is -1.62. The first kappa shape index (κ1) is 23.2. The summed E-state index contributed by atoms with van der Waals surface area (Å²) in [6, 6.07) is 9.13. The summed E-state index contributed by atoms with van der Waals surface area (Å²) in [5, 5.41) is 12.6. The molecular formula is C29H37NO6. The van der Waals surface area contributed by atoms with Crippen LogP contribution in [0.2, 0.25) is 0 Å². The molecule has 4 saturated carbocycles. The van der Waals surface area contributed by atoms with Gasteiger partial charge >= 0.3 is 11.9 Å². The highest BCUT2D eigenvalue weighted by atomic mass is 16.6. The Bertz CT molecular complexity index is 1090. The molecule has 4 aliphatic carbocycles. The third-order valence-electron chi connectivity index (χ3n) is 11.3. The van der Waals surface area contributed by atoms with E-state index in [1.54, 1.807) is 19.2 Å². The van der Waals surface area contributed by atoms with Gasteiger partial charge in [0, 0.05) is 36.9 Å². The van der Waals surface area contributed by atoms with Crippen molar-refractivity contribution in [3.63, 3.8) is 0 Å². The molecule has 7 heteroatoms. The minimum atomic E-state index is -1.27. The van der Waals surface area contributed by atoms with E-state index >= 15 is 0 Å². The van der Waals surface area contributed by atoms with E-state index in [1.165, 1.54) is 0 Å². The minimum absolute atomic E-state index is 0.00435. The number of fused-ring (bicyclic) bond motifs is 2. The summed E-state index contributed by atoms with van der Waals surface area (Å²) in [6.07, 6.45) is 3.10. The van der Waals surface area contributed by atoms with Crippen molar-refractivity contribution in [2.24, 2.45) is 34.5 Å². The van der Waals surface area contributed by atoms with Gasteiger partial charge in [-0.15, -0.1) is 0 Å². The molecule has 9 bridgehead atoms. The van der Waals surface area contributed by atoms with Gasteiger partial charge in [0.2, 0.25) is 0 Å². The molecule has 194 valence electrons. The van der Waals surface area contributed by atoms with E-state index in [2.05, 4.69) is 18.7 Å². The zero-order valence-corrected chi connectivity index (χ0v) is 21.4. The Labute approximate surface area is 212 Å². The minimum Gasteiger partial charge on any atom is -0.462 e. The van der Waals surface area contributed by atoms with Crippen molar-refractivity contribution in [3.8, 4) is 0 Å². The van der Waals surface area contributed by atoms with Crippen molar-refractivity contribution >= 4 is 11.9 Å². The fourth-order valence-corrected chi connectivity index (χ4v) is 10.5. The van der Waals surface area contributed by atoms with Crippen molar-refractivity contribution in [1.82, 2.24) is 4.90 Å². The number of esters is 2. The predicted octanol–water partition coefficient (Wildman–Crippen LogP) is 3.05. The van der Waals surface area contributed by atoms with Crippen LogP contribution in [0.5, 0.6) is 0 Å². The highest BCUT2D eigenvalue weighted by Gasteiger charge is 2.85. The molecule has 7 aliphatic rings. The summed E-state index contributed by atoms with van der Waals surface area (Å²) < 4.78 is 18.7. The normalized spacial score (nSPS) is 50.4. The van der Waals surface area contributed by atoms with Gasteiger partial charge in [0.25, 0.3) is 0 Å². The number of carbonyl (C=O) groups is 2. The molecular weight excluding hydrogens is 458 g/mol. The lowest BCUT2D eigenvalue weighted by Crippen LogP contribution is -2.76. The second-order valence-corrected chi connectivity index (χ2v) is 12.6. The molecule has 1 aromatic rings. The lowest BCUT2D eigenvalue weighted by molar-refractivity contribution is -0.269. The number of likely N-dealkylation sites (tertiary alicyclic amines) is 1. The van der Waals surface area contributed by atoms with Gasteiger partial charge in [-0.25, -0.2) is 4.79 Å². The first-order valence-corrected chi connectivity index (χ1v) is 13.8. The Morgan fingerprint density at radius 1 is 1.22 bits per heavy atom. The molecule has 1 N–H and O–H groups in total. The van der Waals surface area contributed by atoms with Crippen molar-refractivity contribution in [2.75, 3.05) is 20.2 Å². The molecule has 3 heterocycles. The molecule has 8 rings (SSSR count). The number of benzene rings is 1. The van der Waals surface area contributed by atoms with Crippen LogP contribution in [0.15, 0.2) is 30.3 Å². The molecule has 3 saturated heterocycles. The second-order valence-electron chi connectivity index (χ2n) is 12.6. The van der Waals surface area contributed by atoms with Gasteiger partial charge in [0.15, 0.2) is 0 Å². The lowest BCUT2D eigenvalue weighted by atomic mass is 9.42. The molecule has 7 nitrogen and oxygen atoms in total. The molecule has 1 spiro atoms. The third-order valence-corrected chi connectivity index (χ3v) is 11.3. The van der Waals surface area contributed by atoms with Crippen LogP contribution < -0.4 is 0 Å². The zero-order chi connectivity index (χ0) is 25.0. The molecule has 0 aromatic heterocycles. The van der Waals surface area contributed by atoms with Gasteiger partial charge in [-0.2, -0.15) is 0 Å². The second kappa shape index (κ2) is 7.55. The van der Waals surface area contributed by atoms with Gasteiger partial charge in [0.05, 0.1) is 23.2 Å². The summed E-state index contributed by atoms with van der Waals surface area (Å²) in [5.41, 5.74) is -1.23. The Morgan fingerprint density at radius 3 is 2.72 bits per heavy atom. The van der Waals surface area contributed by atoms with Crippen LogP contribution in [0, 0.1) is 34.5 Å². The Balaban J connectivity index is 1.46. The molecule has 36 heavy (non-hydrogen) atoms. The molecule has 1 aromatic carbocycles. The van der Waals surface area contributed by atoms with E-state index in [1.807, 2.05) is 18.2 Å². The maximum absolute atomic E-state index is 13.5. The van der Waals surface area contributed by atoms with E-state index in [4.69, 9.17) is 14.2 Å². The van der Waals surface area contributed by atoms with Crippen LogP contribution in [-0.4, -0.2) is 72.1 Å². The summed E-state index contributed by atoms with van der Waals surface area (Å²) in [6.45, 7) is 6.29. The van der Waals surface area contributed by atoms with Crippen LogP contribution in [-0.2, 0) is 19.0 Å². The number of ether oxygens (including phenoxy) is 3. The fourth-order valence-electron chi connectivity index (χ4n) is 10.5. The Kier molecular flexibility index (Phi) is 4.86. The molecule has 0 unspecified atom stereocenters. The fraction of sp³-hybridized carbons (Fsp3) is 0.724. The van der Waals surface area contributed by atoms with E-state index in [0.717, 1.165) is 32.4 Å². The molecule has 11 atom stereocenters. The molecule has 0 radical (unpaired) electrons. The summed E-state index contributed by atoms with van der Waals surface area (Å²) in [4.78, 5) is 29.6. The Morgan fingerprint density at radius 2 is 2.00 bits per heavy atom. The van der Waals surface area contributed by atoms with E-state index in [9.17, 15) is 14.7 Å². The van der Waals surface area contributed by atoms with Crippen LogP contribution >= 0.6 is 0 Å². The van der Waals surface area contributed by atoms with Gasteiger partial charge in [-0.3, -0.25) is 9.69 Å². The van der Waals surface area contributed by atoms with Gasteiger partial charge in [-0.05, 0) is 62.1 Å². The van der Waals surface area contributed by atoms with Crippen LogP contribution in [0.4, 0.5) is 0 Å². The summed E-state index contributed by atoms with van der Waals surface area (Å²) in [7, 11) is 1.79. The number of rotatable bonds is 4. The van der Waals surface area contributed by atoms with Crippen molar-refractivity contribution in [1.29, 1.82) is 0 Å². The molecule has 7 fully saturated rings. The van der Waals surface area contributed by atoms with Crippen molar-refractivity contribution in [2.45, 2.75) is 75.9 Å². The third kappa shape index (κ3) is 2.60. The smallest absolute Gasteiger partial charge is 0.338 e. The van der Waals surface area contributed by atoms with Gasteiger partial charge in [0.1, 0.15) is 12.2 Å². The SMILES string of the molecule is CCN1C[C@@]2(C)CC[C@H](OC)[C@@]34[C@@H]5C[C@H]6CC[C@@](O)([C@@H]([C@@H](OC(=O)c7ccccc7)[C@H]23)[C@@H]14)[C@H]5C(=O)O6. The maximum Gasteiger partial charge on any atom is 0.338 e. The Hall–Kier alpha value is -1.96. The largest absolute Gasteiger partial charge is 0.462 e. The van der Waals surface area contributed by atoms with Crippen LogP contribution in [0.25, 0.3) is 0 Å². The maximum atomic E-state index is 13.5. The highest BCUT2D eigenvalue weighted by Crippen LogP contribution is 2.77. The first-order valence-electron chi connectivity index (χ1n) is 13.8. The van der Waals surface area contributed by atoms with Crippen molar-refractivity contribution < 1.29 is 28.9 Å². The predicted molar refractivity (Wildman–Crippen MR) is 130 cm³/mol. The number of carbonyl (C=O) groups excluding carboxylic acids is 2. The molecule has 0 amide bonds. The topological polar surface area (TPSA) is 85.3 Å². The van der Waals surface area contributed by atoms with E-state index in [-0.39, 0.29) is 58.8 Å². The van der Waals surface area contributed by atoms with Crippen molar-refractivity contribution in [3.05, 3.63) is 35.9 Å². The highest BCUT2D eigenvalue weighted by molar-refractivity contribution is 5.89. The lowest BCUT2D eigenvalue weighted by Gasteiger charge is -2.69. The number of hydrogen-bond donors (Lipinski definition) is 1. The van der Waals surface area contributed by atoms with Gasteiger partial charge < -0.3 is 19.3 Å². The number of piperidine rings is 1. The quantitative estimate of drug-likeness (QED) is 0.643. The summed E-state index contributed by atoms with van der Waals surface area (Å²) >= 11 is 0. The molecule has 3 aliphatic heterocycles. The number of methoxy groups -OCH3 is 1. The van der Waals surface area contributed by atoms with Gasteiger partial charge in [-0.1, -0.05) is 32.0 Å². The standard InChI is InChI=1S/C29H37NO6/c1-4-30-15-27(2)12-11-19(34-3)29-18-14-17-10-13-28(33,20(18)26(32)35-17)21(24(29)30)22(23(27)29)36-25(31)16-8-6-5-7-9-16/h5-9,17-24,33H,4,10-15H2,1-3H3/t17-,18-,19+,20-,21+,22-,23-,24-,27-,28+,29+/m1/s1. The number of hydrogen-bond acceptors (Lipinski definition) is 7. The first-order chi connectivity index (χ1) is 17.3. The zero-order valence-electron chi connectivity index (χ0n) is 21.4. The average Bonchev–Trinajstić information content (AvgIpc) is 2.92. The monoisotopic (exact) mass is 495 g/mol. The average molecular weight is 496 g/mol. The number of aliphatic hydroxyl groups is 1. The van der Waals surface area contributed by atoms with Crippen LogP contribution in [0.3, 0.4) is 0 Å². The van der Waals surface area contributed by atoms with E-state index in [0.29, 0.717) is 18.4 Å².